The number of hydrogen-bond donors (Lipinski definition) is 2. The molecule has 2 rings (SSSR count). The van der Waals surface area contributed by atoms with Gasteiger partial charge in [0.1, 0.15) is 0 Å². The van der Waals surface area contributed by atoms with Crippen molar-refractivity contribution in [3.05, 3.63) is 29.8 Å². The van der Waals surface area contributed by atoms with E-state index in [-0.39, 0.29) is 5.91 Å². The van der Waals surface area contributed by atoms with Crippen LogP contribution >= 0.6 is 0 Å². The van der Waals surface area contributed by atoms with Crippen molar-refractivity contribution >= 4 is 11.6 Å². The third-order valence-electron chi connectivity index (χ3n) is 4.19. The number of nitrogens with one attached hydrogen (secondary N) is 2. The highest BCUT2D eigenvalue weighted by molar-refractivity contribution is 5.92. The normalized spacial score (nSPS) is 19.1. The van der Waals surface area contributed by atoms with Crippen LogP contribution in [0, 0.1) is 12.8 Å². The molecule has 1 heterocycles. The molecule has 1 amide bonds. The van der Waals surface area contributed by atoms with Gasteiger partial charge >= 0.3 is 0 Å². The number of rotatable bonds is 6. The first-order chi connectivity index (χ1) is 10.1. The van der Waals surface area contributed by atoms with E-state index in [1.165, 1.54) is 13.0 Å². The van der Waals surface area contributed by atoms with Crippen molar-refractivity contribution in [3.8, 4) is 0 Å². The number of hydrogen-bond acceptors (Lipinski definition) is 3. The largest absolute Gasteiger partial charge is 0.325 e. The van der Waals surface area contributed by atoms with Crippen molar-refractivity contribution in [2.75, 3.05) is 31.5 Å². The number of amides is 1. The Morgan fingerprint density at radius 3 is 2.81 bits per heavy atom. The van der Waals surface area contributed by atoms with Crippen molar-refractivity contribution in [2.24, 2.45) is 5.92 Å². The summed E-state index contributed by atoms with van der Waals surface area (Å²) in [6, 6.07) is 8.48. The highest BCUT2D eigenvalue weighted by Gasteiger charge is 2.23. The Labute approximate surface area is 127 Å². The molecule has 21 heavy (non-hydrogen) atoms. The van der Waals surface area contributed by atoms with Gasteiger partial charge in [0, 0.05) is 18.3 Å². The molecule has 1 aromatic carbocycles. The van der Waals surface area contributed by atoms with E-state index in [2.05, 4.69) is 29.4 Å². The Hall–Kier alpha value is -1.39. The maximum Gasteiger partial charge on any atom is 0.238 e. The molecular weight excluding hydrogens is 262 g/mol. The van der Waals surface area contributed by atoms with E-state index < -0.39 is 0 Å². The van der Waals surface area contributed by atoms with Crippen molar-refractivity contribution in [1.82, 2.24) is 10.2 Å². The molecular formula is C17H27N3O. The van der Waals surface area contributed by atoms with E-state index in [4.69, 9.17) is 0 Å². The molecule has 2 N–H and O–H groups in total. The number of benzene rings is 1. The molecule has 4 heteroatoms. The van der Waals surface area contributed by atoms with Crippen LogP contribution < -0.4 is 10.6 Å². The van der Waals surface area contributed by atoms with E-state index in [9.17, 15) is 4.79 Å². The third-order valence-corrected chi connectivity index (χ3v) is 4.19. The Kier molecular flexibility index (Phi) is 5.76. The number of anilines is 1. The fraction of sp³-hybridized carbons (Fsp3) is 0.588. The van der Waals surface area contributed by atoms with Crippen LogP contribution in [0.2, 0.25) is 0 Å². The molecule has 1 atom stereocenters. The summed E-state index contributed by atoms with van der Waals surface area (Å²) in [5.41, 5.74) is 1.99. The van der Waals surface area contributed by atoms with E-state index in [0.717, 1.165) is 24.3 Å². The summed E-state index contributed by atoms with van der Waals surface area (Å²) in [7, 11) is 0. The van der Waals surface area contributed by atoms with Crippen LogP contribution in [0.3, 0.4) is 0 Å². The number of carbonyl (C=O) groups is 1. The zero-order valence-corrected chi connectivity index (χ0v) is 13.4. The molecule has 1 aliphatic heterocycles. The average Bonchev–Trinajstić information content (AvgIpc) is 2.90. The molecule has 0 spiro atoms. The van der Waals surface area contributed by atoms with Gasteiger partial charge in [0.25, 0.3) is 0 Å². The minimum Gasteiger partial charge on any atom is -0.325 e. The van der Waals surface area contributed by atoms with E-state index in [0.29, 0.717) is 18.5 Å². The van der Waals surface area contributed by atoms with Gasteiger partial charge in [-0.1, -0.05) is 18.2 Å². The molecule has 0 bridgehead atoms. The van der Waals surface area contributed by atoms with Gasteiger partial charge in [-0.2, -0.15) is 0 Å². The molecule has 1 aliphatic rings. The van der Waals surface area contributed by atoms with E-state index >= 15 is 0 Å². The van der Waals surface area contributed by atoms with Crippen molar-refractivity contribution in [2.45, 2.75) is 33.2 Å². The first kappa shape index (κ1) is 16.0. The summed E-state index contributed by atoms with van der Waals surface area (Å²) in [5.74, 6) is 0.696. The molecule has 1 unspecified atom stereocenters. The fourth-order valence-corrected chi connectivity index (χ4v) is 2.80. The Morgan fingerprint density at radius 1 is 1.38 bits per heavy atom. The lowest BCUT2D eigenvalue weighted by molar-refractivity contribution is -0.115. The SMILES string of the molecule is Cc1ccccc1NC(=O)CNCC1CCN(C(C)C)C1. The van der Waals surface area contributed by atoms with Gasteiger partial charge in [-0.05, 0) is 57.8 Å². The number of para-hydroxylation sites is 1. The van der Waals surface area contributed by atoms with Crippen LogP contribution in [0.15, 0.2) is 24.3 Å². The lowest BCUT2D eigenvalue weighted by Gasteiger charge is -2.20. The Morgan fingerprint density at radius 2 is 2.14 bits per heavy atom. The van der Waals surface area contributed by atoms with E-state index in [1.807, 2.05) is 31.2 Å². The second-order valence-electron chi connectivity index (χ2n) is 6.24. The van der Waals surface area contributed by atoms with E-state index in [1.54, 1.807) is 0 Å². The van der Waals surface area contributed by atoms with Gasteiger partial charge in [0.15, 0.2) is 0 Å². The maximum atomic E-state index is 11.9. The third kappa shape index (κ3) is 4.83. The predicted molar refractivity (Wildman–Crippen MR) is 87.5 cm³/mol. The lowest BCUT2D eigenvalue weighted by Crippen LogP contribution is -2.34. The van der Waals surface area contributed by atoms with Crippen LogP contribution in [0.4, 0.5) is 5.69 Å². The summed E-state index contributed by atoms with van der Waals surface area (Å²) in [4.78, 5) is 14.4. The number of nitrogens with zero attached hydrogens (tertiary/aromatic N) is 1. The summed E-state index contributed by atoms with van der Waals surface area (Å²) in [5, 5.41) is 6.24. The maximum absolute atomic E-state index is 11.9. The molecule has 1 fully saturated rings. The predicted octanol–water partition coefficient (Wildman–Crippen LogP) is 2.25. The average molecular weight is 289 g/mol. The minimum atomic E-state index is 0.0306. The second kappa shape index (κ2) is 7.57. The summed E-state index contributed by atoms with van der Waals surface area (Å²) in [6.07, 6.45) is 1.23. The van der Waals surface area contributed by atoms with Crippen molar-refractivity contribution < 1.29 is 4.79 Å². The minimum absolute atomic E-state index is 0.0306. The van der Waals surface area contributed by atoms with Gasteiger partial charge < -0.3 is 15.5 Å². The van der Waals surface area contributed by atoms with Crippen LogP contribution in [0.25, 0.3) is 0 Å². The smallest absolute Gasteiger partial charge is 0.238 e. The van der Waals surface area contributed by atoms with Gasteiger partial charge in [-0.15, -0.1) is 0 Å². The lowest BCUT2D eigenvalue weighted by atomic mass is 10.1. The molecule has 1 aromatic rings. The monoisotopic (exact) mass is 289 g/mol. The summed E-state index contributed by atoms with van der Waals surface area (Å²) < 4.78 is 0. The highest BCUT2D eigenvalue weighted by Crippen LogP contribution is 2.17. The van der Waals surface area contributed by atoms with Crippen LogP contribution in [-0.4, -0.2) is 43.0 Å². The topological polar surface area (TPSA) is 44.4 Å². The first-order valence-corrected chi connectivity index (χ1v) is 7.86. The Balaban J connectivity index is 1.67. The fourth-order valence-electron chi connectivity index (χ4n) is 2.80. The molecule has 1 saturated heterocycles. The quantitative estimate of drug-likeness (QED) is 0.844. The number of likely N-dealkylation sites (tertiary alicyclic amines) is 1. The standard InChI is InChI=1S/C17H27N3O/c1-13(2)20-9-8-15(12-20)10-18-11-17(21)19-16-7-5-4-6-14(16)3/h4-7,13,15,18H,8-12H2,1-3H3,(H,19,21). The van der Waals surface area contributed by atoms with Crippen LogP contribution in [0.5, 0.6) is 0 Å². The number of aryl methyl sites for hydroxylation is 1. The first-order valence-electron chi connectivity index (χ1n) is 7.86. The molecule has 4 nitrogen and oxygen atoms in total. The van der Waals surface area contributed by atoms with Crippen molar-refractivity contribution in [3.63, 3.8) is 0 Å². The van der Waals surface area contributed by atoms with Gasteiger partial charge in [-0.3, -0.25) is 4.79 Å². The molecule has 0 aliphatic carbocycles. The molecule has 0 saturated carbocycles. The van der Waals surface area contributed by atoms with Crippen molar-refractivity contribution in [1.29, 1.82) is 0 Å². The Bertz CT molecular complexity index is 473. The molecule has 116 valence electrons. The highest BCUT2D eigenvalue weighted by atomic mass is 16.1. The summed E-state index contributed by atoms with van der Waals surface area (Å²) >= 11 is 0. The summed E-state index contributed by atoms with van der Waals surface area (Å²) in [6.45, 7) is 10.1. The van der Waals surface area contributed by atoms with Gasteiger partial charge in [0.05, 0.1) is 6.54 Å². The van der Waals surface area contributed by atoms with Gasteiger partial charge in [0.2, 0.25) is 5.91 Å². The number of carbonyl (C=O) groups excluding carboxylic acids is 1. The van der Waals surface area contributed by atoms with Crippen LogP contribution in [-0.2, 0) is 4.79 Å². The zero-order valence-electron chi connectivity index (χ0n) is 13.4. The molecule has 0 radical (unpaired) electrons. The zero-order chi connectivity index (χ0) is 15.2. The second-order valence-corrected chi connectivity index (χ2v) is 6.24. The van der Waals surface area contributed by atoms with Gasteiger partial charge in [-0.25, -0.2) is 0 Å². The van der Waals surface area contributed by atoms with Crippen LogP contribution in [0.1, 0.15) is 25.8 Å². The molecule has 0 aromatic heterocycles.